The van der Waals surface area contributed by atoms with Gasteiger partial charge in [-0.15, -0.1) is 0 Å². The van der Waals surface area contributed by atoms with Gasteiger partial charge < -0.3 is 24.6 Å². The van der Waals surface area contributed by atoms with Gasteiger partial charge in [-0.05, 0) is 50.7 Å². The number of imidazole rings is 1. The van der Waals surface area contributed by atoms with Crippen molar-refractivity contribution >= 4 is 28.8 Å². The number of fused-ring (bicyclic) bond motifs is 1. The van der Waals surface area contributed by atoms with E-state index in [0.29, 0.717) is 87.9 Å². The van der Waals surface area contributed by atoms with Gasteiger partial charge in [0.25, 0.3) is 6.43 Å². The minimum absolute atomic E-state index is 0.0381. The molecule has 11 nitrogen and oxygen atoms in total. The Hall–Kier alpha value is -3.87. The molecule has 3 fully saturated rings. The maximum Gasteiger partial charge on any atom is 0.296 e. The number of anilines is 1. The average molecular weight is 598 g/mol. The van der Waals surface area contributed by atoms with Crippen LogP contribution in [0.4, 0.5) is 14.7 Å². The highest BCUT2D eigenvalue weighted by Crippen LogP contribution is 2.32. The first-order chi connectivity index (χ1) is 20.9. The number of halogens is 2. The van der Waals surface area contributed by atoms with E-state index in [1.807, 2.05) is 9.80 Å². The van der Waals surface area contributed by atoms with Crippen molar-refractivity contribution in [3.8, 4) is 11.7 Å². The minimum atomic E-state index is -2.80. The van der Waals surface area contributed by atoms with Gasteiger partial charge in [0.2, 0.25) is 23.6 Å². The average Bonchev–Trinajstić information content (AvgIpc) is 3.42. The number of nitrogens with zero attached hydrogens (tertiary/aromatic N) is 6. The van der Waals surface area contributed by atoms with Gasteiger partial charge >= 0.3 is 0 Å². The van der Waals surface area contributed by atoms with Gasteiger partial charge in [-0.1, -0.05) is 12.1 Å². The van der Waals surface area contributed by atoms with Crippen molar-refractivity contribution in [2.45, 2.75) is 64.0 Å². The summed E-state index contributed by atoms with van der Waals surface area (Å²) in [6.07, 6.45) is 1.33. The normalized spacial score (nSPS) is 21.8. The molecule has 4 heterocycles. The Morgan fingerprint density at radius 2 is 1.70 bits per heavy atom. The van der Waals surface area contributed by atoms with Crippen LogP contribution in [0.5, 0.6) is 5.88 Å². The van der Waals surface area contributed by atoms with E-state index in [1.165, 1.54) is 11.5 Å². The van der Waals surface area contributed by atoms with Gasteiger partial charge in [-0.25, -0.2) is 13.8 Å². The second-order valence-electron chi connectivity index (χ2n) is 11.5. The molecule has 1 aliphatic carbocycles. The molecule has 2 aromatic heterocycles. The van der Waals surface area contributed by atoms with Gasteiger partial charge in [0.1, 0.15) is 11.9 Å². The molecule has 43 heavy (non-hydrogen) atoms. The molecule has 6 rings (SSSR count). The van der Waals surface area contributed by atoms with Crippen LogP contribution in [0.1, 0.15) is 57.7 Å². The first kappa shape index (κ1) is 29.2. The molecule has 0 spiro atoms. The van der Waals surface area contributed by atoms with Crippen molar-refractivity contribution in [1.29, 1.82) is 0 Å². The zero-order chi connectivity index (χ0) is 29.9. The third-order valence-electron chi connectivity index (χ3n) is 8.51. The highest BCUT2D eigenvalue weighted by atomic mass is 19.3. The van der Waals surface area contributed by atoms with Crippen molar-refractivity contribution in [3.05, 3.63) is 36.2 Å². The third kappa shape index (κ3) is 6.56. The molecule has 3 aromatic rings. The quantitative estimate of drug-likeness (QED) is 0.439. The van der Waals surface area contributed by atoms with Crippen LogP contribution in [0, 0.1) is 5.92 Å². The zero-order valence-electron chi connectivity index (χ0n) is 24.3. The summed E-state index contributed by atoms with van der Waals surface area (Å²) in [4.78, 5) is 42.0. The molecular weight excluding hydrogens is 560 g/mol. The zero-order valence-corrected chi connectivity index (χ0v) is 24.3. The summed E-state index contributed by atoms with van der Waals surface area (Å²) in [5, 5.41) is 2.95. The number of para-hydroxylation sites is 2. The molecule has 0 radical (unpaired) electrons. The SMILES string of the molecule is CC(=O)NC1CCN(C(=O)C2CCC(Oc3cc(-n4c(C(F)F)nc5ccccc54)nc(N4CCOCC4)n3)CC2)CC1. The van der Waals surface area contributed by atoms with Crippen LogP contribution in [0.2, 0.25) is 0 Å². The van der Waals surface area contributed by atoms with E-state index in [1.54, 1.807) is 30.3 Å². The fourth-order valence-electron chi connectivity index (χ4n) is 6.30. The predicted octanol–water partition coefficient (Wildman–Crippen LogP) is 3.65. The van der Waals surface area contributed by atoms with E-state index in [2.05, 4.69) is 20.3 Å². The Labute approximate surface area is 248 Å². The van der Waals surface area contributed by atoms with Crippen molar-refractivity contribution in [2.75, 3.05) is 44.3 Å². The number of hydrogen-bond acceptors (Lipinski definition) is 8. The molecule has 2 aliphatic heterocycles. The Morgan fingerprint density at radius 1 is 0.977 bits per heavy atom. The maximum atomic E-state index is 14.2. The lowest BCUT2D eigenvalue weighted by molar-refractivity contribution is -0.138. The highest BCUT2D eigenvalue weighted by molar-refractivity contribution is 5.79. The number of nitrogens with one attached hydrogen (secondary N) is 1. The van der Waals surface area contributed by atoms with Crippen LogP contribution < -0.4 is 15.0 Å². The number of carbonyl (C=O) groups is 2. The van der Waals surface area contributed by atoms with Crippen molar-refractivity contribution < 1.29 is 27.8 Å². The number of amides is 2. The summed E-state index contributed by atoms with van der Waals surface area (Å²) >= 11 is 0. The van der Waals surface area contributed by atoms with E-state index in [4.69, 9.17) is 9.47 Å². The summed E-state index contributed by atoms with van der Waals surface area (Å²) in [6.45, 7) is 5.00. The second kappa shape index (κ2) is 12.8. The number of rotatable bonds is 7. The number of morpholine rings is 1. The van der Waals surface area contributed by atoms with Crippen molar-refractivity contribution in [2.24, 2.45) is 5.92 Å². The lowest BCUT2D eigenvalue weighted by Gasteiger charge is -2.36. The van der Waals surface area contributed by atoms with Gasteiger partial charge in [-0.2, -0.15) is 9.97 Å². The van der Waals surface area contributed by atoms with Crippen LogP contribution in [-0.2, 0) is 14.3 Å². The number of alkyl halides is 2. The van der Waals surface area contributed by atoms with E-state index < -0.39 is 6.43 Å². The molecule has 0 bridgehead atoms. The fourth-order valence-corrected chi connectivity index (χ4v) is 6.30. The number of carbonyl (C=O) groups excluding carboxylic acids is 2. The molecule has 230 valence electrons. The summed E-state index contributed by atoms with van der Waals surface area (Å²) in [5.74, 6) is 0.641. The summed E-state index contributed by atoms with van der Waals surface area (Å²) < 4.78 is 41.5. The van der Waals surface area contributed by atoms with Gasteiger partial charge in [0.05, 0.1) is 24.2 Å². The summed E-state index contributed by atoms with van der Waals surface area (Å²) in [7, 11) is 0. The molecule has 3 aliphatic rings. The van der Waals surface area contributed by atoms with Crippen molar-refractivity contribution in [3.63, 3.8) is 0 Å². The monoisotopic (exact) mass is 597 g/mol. The number of aromatic nitrogens is 4. The molecule has 1 saturated carbocycles. The second-order valence-corrected chi connectivity index (χ2v) is 11.5. The molecular formula is C30H37F2N7O4. The standard InChI is InChI=1S/C30H37F2N7O4/c1-19(40)33-21-10-12-37(13-11-21)29(41)20-6-8-22(9-7-20)43-26-18-25(35-30(36-26)38-14-16-42-17-15-38)39-24-5-3-2-4-23(24)34-28(39)27(31)32/h2-5,18,20-22,27H,6-17H2,1H3,(H,33,40). The number of ether oxygens (including phenoxy) is 2. The van der Waals surface area contributed by atoms with Gasteiger partial charge in [-0.3, -0.25) is 14.2 Å². The Kier molecular flexibility index (Phi) is 8.68. The number of piperidine rings is 1. The number of hydrogen-bond donors (Lipinski definition) is 1. The Bertz CT molecular complexity index is 1450. The number of likely N-dealkylation sites (tertiary alicyclic amines) is 1. The highest BCUT2D eigenvalue weighted by Gasteiger charge is 2.33. The smallest absolute Gasteiger partial charge is 0.296 e. The molecule has 2 saturated heterocycles. The van der Waals surface area contributed by atoms with Crippen molar-refractivity contribution in [1.82, 2.24) is 29.7 Å². The Morgan fingerprint density at radius 3 is 2.40 bits per heavy atom. The minimum Gasteiger partial charge on any atom is -0.474 e. The largest absolute Gasteiger partial charge is 0.474 e. The van der Waals surface area contributed by atoms with Crippen LogP contribution in [0.15, 0.2) is 30.3 Å². The van der Waals surface area contributed by atoms with Crippen LogP contribution in [-0.4, -0.2) is 87.8 Å². The molecule has 2 amide bonds. The van der Waals surface area contributed by atoms with Gasteiger partial charge in [0, 0.05) is 51.1 Å². The number of benzene rings is 1. The van der Waals surface area contributed by atoms with Crippen LogP contribution >= 0.6 is 0 Å². The van der Waals surface area contributed by atoms with Crippen LogP contribution in [0.25, 0.3) is 16.9 Å². The maximum absolute atomic E-state index is 14.2. The topological polar surface area (TPSA) is 115 Å². The Balaban J connectivity index is 1.18. The predicted molar refractivity (Wildman–Crippen MR) is 154 cm³/mol. The third-order valence-corrected chi connectivity index (χ3v) is 8.51. The summed E-state index contributed by atoms with van der Waals surface area (Å²) in [6, 6.07) is 8.71. The molecule has 13 heteroatoms. The van der Waals surface area contributed by atoms with E-state index in [0.717, 1.165) is 12.8 Å². The fraction of sp³-hybridized carbons (Fsp3) is 0.567. The van der Waals surface area contributed by atoms with E-state index in [9.17, 15) is 18.4 Å². The first-order valence-corrected chi connectivity index (χ1v) is 15.1. The van der Waals surface area contributed by atoms with E-state index >= 15 is 0 Å². The molecule has 0 unspecified atom stereocenters. The molecule has 1 aromatic carbocycles. The van der Waals surface area contributed by atoms with Gasteiger partial charge in [0.15, 0.2) is 5.82 Å². The molecule has 0 atom stereocenters. The first-order valence-electron chi connectivity index (χ1n) is 15.1. The lowest BCUT2D eigenvalue weighted by atomic mass is 9.86. The van der Waals surface area contributed by atoms with Crippen LogP contribution in [0.3, 0.4) is 0 Å². The summed E-state index contributed by atoms with van der Waals surface area (Å²) in [5.41, 5.74) is 0.977. The lowest BCUT2D eigenvalue weighted by Crippen LogP contribution is -2.48. The molecule has 1 N–H and O–H groups in total. The van der Waals surface area contributed by atoms with E-state index in [-0.39, 0.29) is 41.5 Å².